The Balaban J connectivity index is 1.55. The molecule has 5 nitrogen and oxygen atoms in total. The highest BCUT2D eigenvalue weighted by molar-refractivity contribution is 7.09. The van der Waals surface area contributed by atoms with Gasteiger partial charge in [-0.25, -0.2) is 0 Å². The number of aromatic nitrogens is 2. The molecule has 1 aliphatic heterocycles. The van der Waals surface area contributed by atoms with Gasteiger partial charge >= 0.3 is 6.18 Å². The van der Waals surface area contributed by atoms with E-state index in [1.807, 2.05) is 22.4 Å². The molecular formula is C14H15F3N4OS. The molecule has 0 bridgehead atoms. The zero-order valence-electron chi connectivity index (χ0n) is 12.1. The minimum absolute atomic E-state index is 0.137. The molecule has 1 N–H and O–H groups in total. The molecular weight excluding hydrogens is 329 g/mol. The quantitative estimate of drug-likeness (QED) is 0.924. The summed E-state index contributed by atoms with van der Waals surface area (Å²) in [6.45, 7) is 1.77. The summed E-state index contributed by atoms with van der Waals surface area (Å²) in [5.74, 6) is -0.137. The molecule has 0 saturated carbocycles. The number of amides is 1. The molecule has 1 aliphatic rings. The van der Waals surface area contributed by atoms with E-state index in [1.165, 1.54) is 4.68 Å². The highest BCUT2D eigenvalue weighted by Gasteiger charge is 2.35. The van der Waals surface area contributed by atoms with E-state index in [4.69, 9.17) is 0 Å². The second-order valence-electron chi connectivity index (χ2n) is 5.31. The van der Waals surface area contributed by atoms with Gasteiger partial charge in [-0.1, -0.05) is 6.07 Å². The van der Waals surface area contributed by atoms with Gasteiger partial charge in [-0.15, -0.1) is 11.3 Å². The van der Waals surface area contributed by atoms with Crippen LogP contribution in [0, 0.1) is 0 Å². The number of rotatable bonds is 4. The summed E-state index contributed by atoms with van der Waals surface area (Å²) in [6.07, 6.45) is -4.44. The number of nitrogens with one attached hydrogen (secondary N) is 1. The smallest absolute Gasteiger partial charge is 0.350 e. The summed E-state index contributed by atoms with van der Waals surface area (Å²) in [7, 11) is 0. The van der Waals surface area contributed by atoms with Gasteiger partial charge in [0.1, 0.15) is 0 Å². The number of halogens is 3. The lowest BCUT2D eigenvalue weighted by atomic mass is 10.2. The molecule has 0 saturated heterocycles. The van der Waals surface area contributed by atoms with E-state index in [9.17, 15) is 18.0 Å². The Hall–Kier alpha value is -1.87. The maximum atomic E-state index is 12.7. The number of hydrogen-bond donors (Lipinski definition) is 1. The van der Waals surface area contributed by atoms with Crippen molar-refractivity contribution in [1.82, 2.24) is 20.0 Å². The lowest BCUT2D eigenvalue weighted by Crippen LogP contribution is -2.41. The third kappa shape index (κ3) is 3.91. The van der Waals surface area contributed by atoms with Gasteiger partial charge in [0.05, 0.1) is 25.3 Å². The first-order chi connectivity index (χ1) is 10.9. The van der Waals surface area contributed by atoms with Crippen LogP contribution in [-0.4, -0.2) is 33.7 Å². The Kier molecular flexibility index (Phi) is 4.40. The molecule has 3 rings (SSSR count). The standard InChI is InChI=1S/C14H15F3N4OS/c15-14(16,17)12-6-10-8-20(3-4-21(10)19-12)9-13(22)18-7-11-2-1-5-23-11/h1-2,5-6H,3-4,7-9H2,(H,18,22). The summed E-state index contributed by atoms with van der Waals surface area (Å²) in [4.78, 5) is 14.8. The second-order valence-corrected chi connectivity index (χ2v) is 6.34. The Labute approximate surface area is 134 Å². The first-order valence-electron chi connectivity index (χ1n) is 7.07. The highest BCUT2D eigenvalue weighted by Crippen LogP contribution is 2.29. The maximum Gasteiger partial charge on any atom is 0.435 e. The van der Waals surface area contributed by atoms with E-state index >= 15 is 0 Å². The fourth-order valence-electron chi connectivity index (χ4n) is 2.45. The summed E-state index contributed by atoms with van der Waals surface area (Å²) in [6, 6.07) is 4.90. The van der Waals surface area contributed by atoms with Gasteiger partial charge in [-0.3, -0.25) is 14.4 Å². The molecule has 0 radical (unpaired) electrons. The van der Waals surface area contributed by atoms with Crippen molar-refractivity contribution in [3.63, 3.8) is 0 Å². The minimum Gasteiger partial charge on any atom is -0.350 e. The molecule has 23 heavy (non-hydrogen) atoms. The molecule has 2 aromatic heterocycles. The van der Waals surface area contributed by atoms with Crippen LogP contribution in [0.3, 0.4) is 0 Å². The number of thiophene rings is 1. The lowest BCUT2D eigenvalue weighted by Gasteiger charge is -2.26. The fraction of sp³-hybridized carbons (Fsp3) is 0.429. The Bertz CT molecular complexity index is 681. The first-order valence-corrected chi connectivity index (χ1v) is 7.95. The number of carbonyl (C=O) groups excluding carboxylic acids is 1. The number of carbonyl (C=O) groups is 1. The molecule has 0 unspecified atom stereocenters. The van der Waals surface area contributed by atoms with Gasteiger partial charge in [0.15, 0.2) is 5.69 Å². The fourth-order valence-corrected chi connectivity index (χ4v) is 3.10. The van der Waals surface area contributed by atoms with Crippen LogP contribution in [0.2, 0.25) is 0 Å². The van der Waals surface area contributed by atoms with E-state index in [2.05, 4.69) is 10.4 Å². The SMILES string of the molecule is O=C(CN1CCn2nc(C(F)(F)F)cc2C1)NCc1cccs1. The average molecular weight is 344 g/mol. The van der Waals surface area contributed by atoms with Crippen LogP contribution in [-0.2, 0) is 30.6 Å². The van der Waals surface area contributed by atoms with Crippen molar-refractivity contribution in [3.05, 3.63) is 39.8 Å². The monoisotopic (exact) mass is 344 g/mol. The summed E-state index contributed by atoms with van der Waals surface area (Å²) in [5, 5.41) is 8.32. The Morgan fingerprint density at radius 2 is 2.22 bits per heavy atom. The average Bonchev–Trinajstić information content (AvgIpc) is 3.13. The van der Waals surface area contributed by atoms with Gasteiger partial charge in [-0.05, 0) is 17.5 Å². The van der Waals surface area contributed by atoms with Gasteiger partial charge in [0, 0.05) is 18.0 Å². The number of hydrogen-bond acceptors (Lipinski definition) is 4. The van der Waals surface area contributed by atoms with Gasteiger partial charge < -0.3 is 5.32 Å². The van der Waals surface area contributed by atoms with Gasteiger partial charge in [0.25, 0.3) is 0 Å². The zero-order chi connectivity index (χ0) is 16.4. The van der Waals surface area contributed by atoms with E-state index in [0.717, 1.165) is 10.9 Å². The van der Waals surface area contributed by atoms with E-state index in [1.54, 1.807) is 11.3 Å². The third-order valence-corrected chi connectivity index (χ3v) is 4.45. The molecule has 9 heteroatoms. The van der Waals surface area contributed by atoms with Crippen LogP contribution in [0.5, 0.6) is 0 Å². The predicted molar refractivity (Wildman–Crippen MR) is 78.7 cm³/mol. The molecule has 0 fully saturated rings. The molecule has 2 aromatic rings. The number of alkyl halides is 3. The molecule has 0 aromatic carbocycles. The van der Waals surface area contributed by atoms with Crippen molar-refractivity contribution in [3.8, 4) is 0 Å². The van der Waals surface area contributed by atoms with Crippen molar-refractivity contribution >= 4 is 17.2 Å². The van der Waals surface area contributed by atoms with Crippen LogP contribution in [0.25, 0.3) is 0 Å². The van der Waals surface area contributed by atoms with Crippen LogP contribution in [0.4, 0.5) is 13.2 Å². The molecule has 0 atom stereocenters. The second kappa shape index (κ2) is 6.32. The Morgan fingerprint density at radius 1 is 1.39 bits per heavy atom. The summed E-state index contributed by atoms with van der Waals surface area (Å²) >= 11 is 1.56. The van der Waals surface area contributed by atoms with Crippen molar-refractivity contribution in [2.24, 2.45) is 0 Å². The van der Waals surface area contributed by atoms with E-state index in [0.29, 0.717) is 25.3 Å². The van der Waals surface area contributed by atoms with Crippen molar-refractivity contribution in [2.45, 2.75) is 25.8 Å². The van der Waals surface area contributed by atoms with Gasteiger partial charge in [0.2, 0.25) is 5.91 Å². The van der Waals surface area contributed by atoms with Crippen molar-refractivity contribution in [1.29, 1.82) is 0 Å². The number of fused-ring (bicyclic) bond motifs is 1. The largest absolute Gasteiger partial charge is 0.435 e. The molecule has 0 aliphatic carbocycles. The molecule has 1 amide bonds. The van der Waals surface area contributed by atoms with E-state index in [-0.39, 0.29) is 19.0 Å². The summed E-state index contributed by atoms with van der Waals surface area (Å²) in [5.41, 5.74) is -0.397. The Morgan fingerprint density at radius 3 is 2.91 bits per heavy atom. The third-order valence-electron chi connectivity index (χ3n) is 3.57. The van der Waals surface area contributed by atoms with Crippen LogP contribution in [0.1, 0.15) is 16.3 Å². The molecule has 0 spiro atoms. The minimum atomic E-state index is -4.44. The van der Waals surface area contributed by atoms with Crippen molar-refractivity contribution < 1.29 is 18.0 Å². The normalized spacial score (nSPS) is 15.4. The van der Waals surface area contributed by atoms with Crippen molar-refractivity contribution in [2.75, 3.05) is 13.1 Å². The molecule has 3 heterocycles. The topological polar surface area (TPSA) is 50.2 Å². The maximum absolute atomic E-state index is 12.7. The highest BCUT2D eigenvalue weighted by atomic mass is 32.1. The predicted octanol–water partition coefficient (Wildman–Crippen LogP) is 2.10. The van der Waals surface area contributed by atoms with Gasteiger partial charge in [-0.2, -0.15) is 18.3 Å². The van der Waals surface area contributed by atoms with E-state index < -0.39 is 11.9 Å². The molecule has 124 valence electrons. The zero-order valence-corrected chi connectivity index (χ0v) is 13.0. The first kappa shape index (κ1) is 16.0. The summed E-state index contributed by atoms with van der Waals surface area (Å²) < 4.78 is 39.4. The van der Waals surface area contributed by atoms with Crippen LogP contribution in [0.15, 0.2) is 23.6 Å². The number of nitrogens with zero attached hydrogens (tertiary/aromatic N) is 3. The van der Waals surface area contributed by atoms with Crippen LogP contribution >= 0.6 is 11.3 Å². The van der Waals surface area contributed by atoms with Crippen LogP contribution < -0.4 is 5.32 Å². The lowest BCUT2D eigenvalue weighted by molar-refractivity contribution is -0.141.